The summed E-state index contributed by atoms with van der Waals surface area (Å²) >= 11 is 0. The molecule has 0 spiro atoms. The zero-order valence-corrected chi connectivity index (χ0v) is 10.5. The van der Waals surface area contributed by atoms with E-state index in [-0.39, 0.29) is 0 Å². The Labute approximate surface area is 111 Å². The van der Waals surface area contributed by atoms with Crippen molar-refractivity contribution in [2.45, 2.75) is 0 Å². The minimum atomic E-state index is 0.533. The average molecular weight is 248 g/mol. The lowest BCUT2D eigenvalue weighted by Crippen LogP contribution is -2.13. The van der Waals surface area contributed by atoms with Crippen LogP contribution in [0.4, 0.5) is 17.1 Å². The van der Waals surface area contributed by atoms with Crippen LogP contribution in [-0.2, 0) is 0 Å². The molecule has 0 saturated heterocycles. The molecule has 0 aliphatic rings. The molecule has 0 atom stereocenters. The van der Waals surface area contributed by atoms with Gasteiger partial charge < -0.3 is 10.6 Å². The van der Waals surface area contributed by atoms with Gasteiger partial charge in [-0.1, -0.05) is 12.1 Å². The summed E-state index contributed by atoms with van der Waals surface area (Å²) in [6.45, 7) is 0. The number of nitrogen functional groups attached to an aromatic ring is 1. The largest absolute Gasteiger partial charge is 0.397 e. The predicted molar refractivity (Wildman–Crippen MR) is 74.8 cm³/mol. The van der Waals surface area contributed by atoms with Crippen LogP contribution in [0, 0.1) is 22.7 Å². The molecule has 2 aromatic carbocycles. The van der Waals surface area contributed by atoms with E-state index in [4.69, 9.17) is 16.3 Å². The highest BCUT2D eigenvalue weighted by Gasteiger charge is 2.11. The number of nitrogens with two attached hydrogens (primary N) is 1. The van der Waals surface area contributed by atoms with E-state index in [2.05, 4.69) is 12.1 Å². The van der Waals surface area contributed by atoms with Crippen LogP contribution in [0.15, 0.2) is 42.5 Å². The smallest absolute Gasteiger partial charge is 0.101 e. The maximum atomic E-state index is 9.12. The van der Waals surface area contributed by atoms with E-state index in [1.165, 1.54) is 0 Å². The fraction of sp³-hybridized carbons (Fsp3) is 0.0667. The maximum Gasteiger partial charge on any atom is 0.101 e. The van der Waals surface area contributed by atoms with Gasteiger partial charge in [-0.3, -0.25) is 0 Å². The molecule has 4 nitrogen and oxygen atoms in total. The van der Waals surface area contributed by atoms with Gasteiger partial charge in [0.15, 0.2) is 0 Å². The highest BCUT2D eigenvalue weighted by Crippen LogP contribution is 2.31. The van der Waals surface area contributed by atoms with Crippen LogP contribution in [0.5, 0.6) is 0 Å². The third-order valence-corrected chi connectivity index (χ3v) is 2.91. The molecule has 92 valence electrons. The molecule has 2 rings (SSSR count). The van der Waals surface area contributed by atoms with Gasteiger partial charge in [0.05, 0.1) is 34.3 Å². The summed E-state index contributed by atoms with van der Waals surface area (Å²) in [7, 11) is 1.82. The first-order valence-electron chi connectivity index (χ1n) is 5.70. The lowest BCUT2D eigenvalue weighted by Gasteiger charge is -2.22. The van der Waals surface area contributed by atoms with Crippen LogP contribution in [0.25, 0.3) is 0 Å². The Bertz CT molecular complexity index is 692. The molecule has 0 heterocycles. The quantitative estimate of drug-likeness (QED) is 0.829. The van der Waals surface area contributed by atoms with E-state index in [0.29, 0.717) is 22.5 Å². The van der Waals surface area contributed by atoms with Crippen molar-refractivity contribution in [3.05, 3.63) is 53.6 Å². The van der Waals surface area contributed by atoms with Crippen LogP contribution >= 0.6 is 0 Å². The summed E-state index contributed by atoms with van der Waals surface area (Å²) in [5.41, 5.74) is 9.06. The van der Waals surface area contributed by atoms with Gasteiger partial charge in [0.1, 0.15) is 6.07 Å². The summed E-state index contributed by atoms with van der Waals surface area (Å²) in [6.07, 6.45) is 0. The van der Waals surface area contributed by atoms with Crippen LogP contribution in [0.3, 0.4) is 0 Å². The second-order valence-electron chi connectivity index (χ2n) is 4.07. The molecular formula is C15H12N4. The van der Waals surface area contributed by atoms with Gasteiger partial charge >= 0.3 is 0 Å². The van der Waals surface area contributed by atoms with Crippen molar-refractivity contribution >= 4 is 17.1 Å². The predicted octanol–water partition coefficient (Wildman–Crippen LogP) is 2.78. The lowest BCUT2D eigenvalue weighted by atomic mass is 10.1. The van der Waals surface area contributed by atoms with Crippen molar-refractivity contribution in [2.75, 3.05) is 17.7 Å². The minimum absolute atomic E-state index is 0.533. The van der Waals surface area contributed by atoms with Crippen molar-refractivity contribution in [1.29, 1.82) is 10.5 Å². The van der Waals surface area contributed by atoms with E-state index in [1.54, 1.807) is 24.3 Å². The molecule has 0 aromatic heterocycles. The van der Waals surface area contributed by atoms with Crippen LogP contribution in [0.1, 0.15) is 11.1 Å². The number of nitrogens with zero attached hydrogens (tertiary/aromatic N) is 3. The number of rotatable bonds is 2. The van der Waals surface area contributed by atoms with E-state index in [0.717, 1.165) is 5.69 Å². The third-order valence-electron chi connectivity index (χ3n) is 2.91. The molecule has 0 radical (unpaired) electrons. The zero-order valence-electron chi connectivity index (χ0n) is 10.5. The Morgan fingerprint density at radius 3 is 2.42 bits per heavy atom. The van der Waals surface area contributed by atoms with E-state index in [9.17, 15) is 0 Å². The number of anilines is 3. The van der Waals surface area contributed by atoms with E-state index in [1.807, 2.05) is 30.1 Å². The first-order chi connectivity index (χ1) is 9.17. The van der Waals surface area contributed by atoms with Crippen molar-refractivity contribution < 1.29 is 0 Å². The molecule has 0 saturated carbocycles. The Hall–Kier alpha value is -2.98. The Morgan fingerprint density at radius 1 is 1.00 bits per heavy atom. The summed E-state index contributed by atoms with van der Waals surface area (Å²) in [5.74, 6) is 0. The second kappa shape index (κ2) is 5.12. The van der Waals surface area contributed by atoms with Gasteiger partial charge in [0, 0.05) is 7.05 Å². The summed E-state index contributed by atoms with van der Waals surface area (Å²) in [4.78, 5) is 1.81. The first-order valence-corrected chi connectivity index (χ1v) is 5.70. The van der Waals surface area contributed by atoms with Gasteiger partial charge in [0.25, 0.3) is 0 Å². The van der Waals surface area contributed by atoms with Gasteiger partial charge in [-0.2, -0.15) is 10.5 Å². The molecule has 19 heavy (non-hydrogen) atoms. The molecule has 2 aromatic rings. The fourth-order valence-corrected chi connectivity index (χ4v) is 1.89. The first kappa shape index (κ1) is 12.5. The van der Waals surface area contributed by atoms with Crippen molar-refractivity contribution in [2.24, 2.45) is 0 Å². The summed E-state index contributed by atoms with van der Waals surface area (Å²) in [6, 6.07) is 16.6. The molecule has 0 unspecified atom stereocenters. The van der Waals surface area contributed by atoms with Gasteiger partial charge in [-0.05, 0) is 30.3 Å². The number of nitriles is 2. The number of para-hydroxylation sites is 1. The topological polar surface area (TPSA) is 76.8 Å². The van der Waals surface area contributed by atoms with Crippen LogP contribution < -0.4 is 10.6 Å². The monoisotopic (exact) mass is 248 g/mol. The van der Waals surface area contributed by atoms with Crippen LogP contribution in [0.2, 0.25) is 0 Å². The summed E-state index contributed by atoms with van der Waals surface area (Å²) < 4.78 is 0. The number of hydrogen-bond acceptors (Lipinski definition) is 4. The normalized spacial score (nSPS) is 9.42. The highest BCUT2D eigenvalue weighted by molar-refractivity contribution is 5.78. The number of benzene rings is 2. The molecule has 0 amide bonds. The minimum Gasteiger partial charge on any atom is -0.397 e. The number of hydrogen-bond donors (Lipinski definition) is 1. The molecule has 2 N–H and O–H groups in total. The van der Waals surface area contributed by atoms with Crippen molar-refractivity contribution in [3.8, 4) is 12.1 Å². The maximum absolute atomic E-state index is 9.12. The van der Waals surface area contributed by atoms with E-state index < -0.39 is 0 Å². The van der Waals surface area contributed by atoms with E-state index >= 15 is 0 Å². The van der Waals surface area contributed by atoms with Gasteiger partial charge in [-0.15, -0.1) is 0 Å². The van der Waals surface area contributed by atoms with Crippen molar-refractivity contribution in [1.82, 2.24) is 0 Å². The molecule has 0 fully saturated rings. The van der Waals surface area contributed by atoms with Crippen molar-refractivity contribution in [3.63, 3.8) is 0 Å². The third kappa shape index (κ3) is 2.34. The average Bonchev–Trinajstić information content (AvgIpc) is 2.47. The van der Waals surface area contributed by atoms with Crippen LogP contribution in [-0.4, -0.2) is 7.05 Å². The van der Waals surface area contributed by atoms with Gasteiger partial charge in [0.2, 0.25) is 0 Å². The molecular weight excluding hydrogens is 236 g/mol. The molecule has 4 heteroatoms. The second-order valence-corrected chi connectivity index (χ2v) is 4.07. The highest BCUT2D eigenvalue weighted by atomic mass is 15.1. The summed E-state index contributed by atoms with van der Waals surface area (Å²) in [5, 5.41) is 18.1. The molecule has 0 bridgehead atoms. The fourth-order valence-electron chi connectivity index (χ4n) is 1.89. The Balaban J connectivity index is 2.54. The molecule has 0 aliphatic carbocycles. The standard InChI is InChI=1S/C15H12N4/c1-19(14-5-3-2-4-12(14)10-17)15-8-11(9-16)6-7-13(15)18/h2-8H,18H2,1H3. The lowest BCUT2D eigenvalue weighted by molar-refractivity contribution is 1.20. The molecule has 0 aliphatic heterocycles. The Kier molecular flexibility index (Phi) is 3.36. The van der Waals surface area contributed by atoms with Gasteiger partial charge in [-0.25, -0.2) is 0 Å². The Morgan fingerprint density at radius 2 is 1.74 bits per heavy atom. The zero-order chi connectivity index (χ0) is 13.8. The SMILES string of the molecule is CN(c1cc(C#N)ccc1N)c1ccccc1C#N.